The number of nitrogens with one attached hydrogen (secondary N) is 1. The van der Waals surface area contributed by atoms with E-state index in [0.29, 0.717) is 18.5 Å². The van der Waals surface area contributed by atoms with E-state index in [1.807, 2.05) is 12.1 Å². The number of benzene rings is 1. The molecule has 0 aliphatic carbocycles. The van der Waals surface area contributed by atoms with Gasteiger partial charge >= 0.3 is 0 Å². The maximum absolute atomic E-state index is 12.2. The Hall–Kier alpha value is -1.76. The van der Waals surface area contributed by atoms with Crippen molar-refractivity contribution >= 4 is 10.0 Å². The molecule has 0 bridgehead atoms. The molecule has 0 radical (unpaired) electrons. The van der Waals surface area contributed by atoms with Crippen LogP contribution in [0.3, 0.4) is 0 Å². The summed E-state index contributed by atoms with van der Waals surface area (Å²) in [6, 6.07) is 10.5. The summed E-state index contributed by atoms with van der Waals surface area (Å²) in [6.45, 7) is 0.534. The Morgan fingerprint density at radius 3 is 2.50 bits per heavy atom. The standard InChI is InChI=1S/C14H17N3O2S/c15-11-13-3-1-2-4-14(13)20(18,19)17-10-7-12-5-8-16-9-6-12/h1-6,8-9,17H,7,10-11,15H2. The molecule has 106 valence electrons. The first-order chi connectivity index (χ1) is 9.63. The highest BCUT2D eigenvalue weighted by molar-refractivity contribution is 7.89. The number of pyridine rings is 1. The van der Waals surface area contributed by atoms with Gasteiger partial charge < -0.3 is 5.73 Å². The number of nitrogens with two attached hydrogens (primary N) is 1. The van der Waals surface area contributed by atoms with E-state index >= 15 is 0 Å². The fraction of sp³-hybridized carbons (Fsp3) is 0.214. The topological polar surface area (TPSA) is 85.1 Å². The summed E-state index contributed by atoms with van der Waals surface area (Å²) in [6.07, 6.45) is 3.99. The van der Waals surface area contributed by atoms with Crippen molar-refractivity contribution in [1.29, 1.82) is 0 Å². The lowest BCUT2D eigenvalue weighted by Gasteiger charge is -2.10. The second-order valence-electron chi connectivity index (χ2n) is 4.32. The predicted octanol–water partition coefficient (Wildman–Crippen LogP) is 1.06. The molecule has 0 spiro atoms. The molecule has 3 N–H and O–H groups in total. The van der Waals surface area contributed by atoms with Crippen LogP contribution >= 0.6 is 0 Å². The zero-order valence-electron chi connectivity index (χ0n) is 11.0. The molecule has 0 saturated heterocycles. The van der Waals surface area contributed by atoms with Crippen molar-refractivity contribution in [2.24, 2.45) is 5.73 Å². The average molecular weight is 291 g/mol. The lowest BCUT2D eigenvalue weighted by molar-refractivity contribution is 0.580. The molecule has 1 aromatic carbocycles. The van der Waals surface area contributed by atoms with E-state index in [-0.39, 0.29) is 11.4 Å². The highest BCUT2D eigenvalue weighted by Crippen LogP contribution is 2.14. The normalized spacial score (nSPS) is 11.4. The zero-order chi connectivity index (χ0) is 14.4. The largest absolute Gasteiger partial charge is 0.326 e. The van der Waals surface area contributed by atoms with Gasteiger partial charge in [-0.25, -0.2) is 13.1 Å². The molecule has 2 rings (SSSR count). The smallest absolute Gasteiger partial charge is 0.240 e. The third kappa shape index (κ3) is 3.63. The SMILES string of the molecule is NCc1ccccc1S(=O)(=O)NCCc1ccncc1. The van der Waals surface area contributed by atoms with Gasteiger partial charge in [-0.1, -0.05) is 18.2 Å². The van der Waals surface area contributed by atoms with E-state index in [0.717, 1.165) is 5.56 Å². The summed E-state index contributed by atoms with van der Waals surface area (Å²) in [5.74, 6) is 0. The molecule has 0 unspecified atom stereocenters. The number of rotatable bonds is 6. The number of hydrogen-bond donors (Lipinski definition) is 2. The maximum Gasteiger partial charge on any atom is 0.240 e. The predicted molar refractivity (Wildman–Crippen MR) is 77.5 cm³/mol. The molecule has 0 saturated carbocycles. The van der Waals surface area contributed by atoms with Gasteiger partial charge in [0.15, 0.2) is 0 Å². The van der Waals surface area contributed by atoms with E-state index in [2.05, 4.69) is 9.71 Å². The van der Waals surface area contributed by atoms with Crippen molar-refractivity contribution in [3.63, 3.8) is 0 Å². The molecule has 0 atom stereocenters. The number of hydrogen-bond acceptors (Lipinski definition) is 4. The Balaban J connectivity index is 2.04. The molecule has 2 aromatic rings. The van der Waals surface area contributed by atoms with Crippen LogP contribution in [0.5, 0.6) is 0 Å². The fourth-order valence-electron chi connectivity index (χ4n) is 1.89. The molecular formula is C14H17N3O2S. The van der Waals surface area contributed by atoms with Gasteiger partial charge in [0.25, 0.3) is 0 Å². The van der Waals surface area contributed by atoms with Gasteiger partial charge in [-0.3, -0.25) is 4.98 Å². The first kappa shape index (κ1) is 14.6. The minimum atomic E-state index is -3.52. The third-order valence-corrected chi connectivity index (χ3v) is 4.50. The number of sulfonamides is 1. The Morgan fingerprint density at radius 1 is 1.10 bits per heavy atom. The van der Waals surface area contributed by atoms with Crippen LogP contribution in [0.25, 0.3) is 0 Å². The molecule has 0 fully saturated rings. The lowest BCUT2D eigenvalue weighted by atomic mass is 10.2. The Labute approximate surface area is 118 Å². The molecule has 1 heterocycles. The summed E-state index contributed by atoms with van der Waals surface area (Å²) in [7, 11) is -3.52. The van der Waals surface area contributed by atoms with Crippen molar-refractivity contribution in [1.82, 2.24) is 9.71 Å². The maximum atomic E-state index is 12.2. The highest BCUT2D eigenvalue weighted by atomic mass is 32.2. The molecule has 1 aromatic heterocycles. The summed E-state index contributed by atoms with van der Waals surface area (Å²) in [5.41, 5.74) is 7.22. The van der Waals surface area contributed by atoms with Gasteiger partial charge in [-0.2, -0.15) is 0 Å². The number of aromatic nitrogens is 1. The van der Waals surface area contributed by atoms with Crippen LogP contribution in [0.4, 0.5) is 0 Å². The van der Waals surface area contributed by atoms with Crippen LogP contribution in [0.1, 0.15) is 11.1 Å². The zero-order valence-corrected chi connectivity index (χ0v) is 11.8. The number of nitrogens with zero attached hydrogens (tertiary/aromatic N) is 1. The quantitative estimate of drug-likeness (QED) is 0.833. The van der Waals surface area contributed by atoms with Gasteiger partial charge in [0.1, 0.15) is 0 Å². The van der Waals surface area contributed by atoms with E-state index in [1.165, 1.54) is 0 Å². The van der Waals surface area contributed by atoms with E-state index in [1.54, 1.807) is 36.7 Å². The Bertz CT molecular complexity index is 657. The van der Waals surface area contributed by atoms with E-state index < -0.39 is 10.0 Å². The average Bonchev–Trinajstić information content (AvgIpc) is 2.48. The third-order valence-electron chi connectivity index (χ3n) is 2.94. The summed E-state index contributed by atoms with van der Waals surface area (Å²) in [4.78, 5) is 4.17. The van der Waals surface area contributed by atoms with Crippen LogP contribution in [0.2, 0.25) is 0 Å². The molecule has 0 aliphatic rings. The summed E-state index contributed by atoms with van der Waals surface area (Å²) in [5, 5.41) is 0. The second-order valence-corrected chi connectivity index (χ2v) is 6.05. The molecular weight excluding hydrogens is 274 g/mol. The van der Waals surface area contributed by atoms with E-state index in [4.69, 9.17) is 5.73 Å². The van der Waals surface area contributed by atoms with Crippen molar-refractivity contribution in [3.05, 3.63) is 59.9 Å². The van der Waals surface area contributed by atoms with Gasteiger partial charge in [-0.05, 0) is 35.7 Å². The molecule has 6 heteroatoms. The van der Waals surface area contributed by atoms with Gasteiger partial charge in [-0.15, -0.1) is 0 Å². The lowest BCUT2D eigenvalue weighted by Crippen LogP contribution is -2.27. The Morgan fingerprint density at radius 2 is 1.80 bits per heavy atom. The summed E-state index contributed by atoms with van der Waals surface area (Å²) >= 11 is 0. The van der Waals surface area contributed by atoms with Gasteiger partial charge in [0.05, 0.1) is 4.90 Å². The van der Waals surface area contributed by atoms with Crippen LogP contribution in [0.15, 0.2) is 53.7 Å². The highest BCUT2D eigenvalue weighted by Gasteiger charge is 2.16. The molecule has 0 amide bonds. The van der Waals surface area contributed by atoms with Crippen LogP contribution in [-0.2, 0) is 23.0 Å². The second kappa shape index (κ2) is 6.60. The van der Waals surface area contributed by atoms with Crippen molar-refractivity contribution < 1.29 is 8.42 Å². The first-order valence-electron chi connectivity index (χ1n) is 6.30. The monoisotopic (exact) mass is 291 g/mol. The minimum absolute atomic E-state index is 0.196. The van der Waals surface area contributed by atoms with Gasteiger partial charge in [0, 0.05) is 25.5 Å². The van der Waals surface area contributed by atoms with Crippen molar-refractivity contribution in [2.45, 2.75) is 17.9 Å². The molecule has 5 nitrogen and oxygen atoms in total. The van der Waals surface area contributed by atoms with Gasteiger partial charge in [0.2, 0.25) is 10.0 Å². The van der Waals surface area contributed by atoms with E-state index in [9.17, 15) is 8.42 Å². The molecule has 20 heavy (non-hydrogen) atoms. The fourth-order valence-corrected chi connectivity index (χ4v) is 3.17. The van der Waals surface area contributed by atoms with Crippen LogP contribution < -0.4 is 10.5 Å². The summed E-state index contributed by atoms with van der Waals surface area (Å²) < 4.78 is 27.0. The van der Waals surface area contributed by atoms with Crippen molar-refractivity contribution in [2.75, 3.05) is 6.54 Å². The Kier molecular flexibility index (Phi) is 4.84. The first-order valence-corrected chi connectivity index (χ1v) is 7.78. The molecule has 0 aliphatic heterocycles. The van der Waals surface area contributed by atoms with Crippen molar-refractivity contribution in [3.8, 4) is 0 Å². The minimum Gasteiger partial charge on any atom is -0.326 e. The van der Waals surface area contributed by atoms with Crippen LogP contribution in [0, 0.1) is 0 Å². The van der Waals surface area contributed by atoms with Crippen LogP contribution in [-0.4, -0.2) is 19.9 Å².